The van der Waals surface area contributed by atoms with Crippen molar-refractivity contribution >= 4 is 17.1 Å². The van der Waals surface area contributed by atoms with Crippen LogP contribution in [0.3, 0.4) is 0 Å². The normalized spacial score (nSPS) is 19.7. The lowest BCUT2D eigenvalue weighted by Crippen LogP contribution is -2.35. The molecular formula is C21H26N4O2. The molecular weight excluding hydrogens is 340 g/mol. The fourth-order valence-electron chi connectivity index (χ4n) is 3.87. The molecule has 1 amide bonds. The minimum absolute atomic E-state index is 0.00203. The van der Waals surface area contributed by atoms with E-state index in [0.29, 0.717) is 42.2 Å². The van der Waals surface area contributed by atoms with Crippen LogP contribution in [0.2, 0.25) is 0 Å². The van der Waals surface area contributed by atoms with Crippen LogP contribution in [-0.2, 0) is 4.79 Å². The summed E-state index contributed by atoms with van der Waals surface area (Å²) in [5.74, 6) is 0.546. The van der Waals surface area contributed by atoms with E-state index in [4.69, 9.17) is 4.98 Å². The van der Waals surface area contributed by atoms with E-state index in [-0.39, 0.29) is 23.4 Å². The highest BCUT2D eigenvalue weighted by Gasteiger charge is 2.27. The number of allylic oxidation sites excluding steroid dienone is 2. The van der Waals surface area contributed by atoms with E-state index in [2.05, 4.69) is 6.07 Å². The van der Waals surface area contributed by atoms with Crippen molar-refractivity contribution in [3.63, 3.8) is 0 Å². The summed E-state index contributed by atoms with van der Waals surface area (Å²) in [6.45, 7) is 8.73. The Labute approximate surface area is 159 Å². The molecule has 6 nitrogen and oxygen atoms in total. The zero-order chi connectivity index (χ0) is 19.7. The molecule has 0 bridgehead atoms. The van der Waals surface area contributed by atoms with Gasteiger partial charge < -0.3 is 4.90 Å². The summed E-state index contributed by atoms with van der Waals surface area (Å²) in [5, 5.41) is 9.58. The molecule has 0 aromatic carbocycles. The Hall–Kier alpha value is -2.68. The molecule has 27 heavy (non-hydrogen) atoms. The SMILES string of the molecule is CC(=O)N1CC=C(c2nc3n(c(=O)c2C(C)C)C(C)CCC=C3C#N)CC1. The molecule has 0 spiro atoms. The number of nitrogens with zero attached hydrogens (tertiary/aromatic N) is 4. The number of aromatic nitrogens is 2. The first-order valence-electron chi connectivity index (χ1n) is 9.57. The topological polar surface area (TPSA) is 79.0 Å². The van der Waals surface area contributed by atoms with Crippen LogP contribution in [0, 0.1) is 11.3 Å². The Morgan fingerprint density at radius 2 is 2.11 bits per heavy atom. The number of amides is 1. The molecule has 0 saturated heterocycles. The minimum Gasteiger partial charge on any atom is -0.339 e. The highest BCUT2D eigenvalue weighted by Crippen LogP contribution is 2.31. The molecule has 2 aliphatic heterocycles. The Bertz CT molecular complexity index is 931. The van der Waals surface area contributed by atoms with Crippen LogP contribution in [0.15, 0.2) is 16.9 Å². The molecule has 1 unspecified atom stereocenters. The van der Waals surface area contributed by atoms with Crippen LogP contribution in [-0.4, -0.2) is 33.4 Å². The number of carbonyl (C=O) groups is 1. The quantitative estimate of drug-likeness (QED) is 0.805. The second kappa shape index (κ2) is 7.51. The molecule has 0 N–H and O–H groups in total. The molecule has 0 aliphatic carbocycles. The van der Waals surface area contributed by atoms with Crippen LogP contribution in [0.25, 0.3) is 11.1 Å². The van der Waals surface area contributed by atoms with Gasteiger partial charge in [-0.1, -0.05) is 26.0 Å². The van der Waals surface area contributed by atoms with Crippen LogP contribution in [0.5, 0.6) is 0 Å². The standard InChI is InChI=1S/C21H26N4O2/c1-13(2)18-19(16-8-10-24(11-9-16)15(4)26)23-20-17(12-22)7-5-6-14(3)25(20)21(18)27/h7-8,13-14H,5-6,9-11H2,1-4H3. The summed E-state index contributed by atoms with van der Waals surface area (Å²) < 4.78 is 1.70. The molecule has 1 atom stereocenters. The average Bonchev–Trinajstić information content (AvgIpc) is 2.79. The monoisotopic (exact) mass is 366 g/mol. The van der Waals surface area contributed by atoms with Crippen molar-refractivity contribution in [2.75, 3.05) is 13.1 Å². The van der Waals surface area contributed by atoms with Crippen molar-refractivity contribution in [3.05, 3.63) is 39.6 Å². The van der Waals surface area contributed by atoms with Gasteiger partial charge in [-0.3, -0.25) is 14.2 Å². The molecule has 3 rings (SSSR count). The van der Waals surface area contributed by atoms with E-state index < -0.39 is 0 Å². The Balaban J connectivity index is 2.22. The number of nitriles is 1. The maximum atomic E-state index is 13.4. The maximum Gasteiger partial charge on any atom is 0.258 e. The smallest absolute Gasteiger partial charge is 0.258 e. The van der Waals surface area contributed by atoms with Crippen molar-refractivity contribution in [1.29, 1.82) is 5.26 Å². The lowest BCUT2D eigenvalue weighted by molar-refractivity contribution is -0.128. The van der Waals surface area contributed by atoms with Gasteiger partial charge in [0.05, 0.1) is 11.3 Å². The van der Waals surface area contributed by atoms with E-state index in [1.54, 1.807) is 16.4 Å². The van der Waals surface area contributed by atoms with Crippen LogP contribution in [0.4, 0.5) is 0 Å². The Morgan fingerprint density at radius 3 is 2.67 bits per heavy atom. The van der Waals surface area contributed by atoms with Crippen molar-refractivity contribution < 1.29 is 4.79 Å². The Morgan fingerprint density at radius 1 is 1.37 bits per heavy atom. The summed E-state index contributed by atoms with van der Waals surface area (Å²) >= 11 is 0. The highest BCUT2D eigenvalue weighted by atomic mass is 16.2. The Kier molecular flexibility index (Phi) is 5.31. The molecule has 2 aliphatic rings. The summed E-state index contributed by atoms with van der Waals surface area (Å²) in [7, 11) is 0. The van der Waals surface area contributed by atoms with Crippen molar-refractivity contribution in [1.82, 2.24) is 14.5 Å². The van der Waals surface area contributed by atoms with Gasteiger partial charge in [-0.25, -0.2) is 4.98 Å². The zero-order valence-electron chi connectivity index (χ0n) is 16.5. The molecule has 6 heteroatoms. The van der Waals surface area contributed by atoms with E-state index in [0.717, 1.165) is 18.4 Å². The van der Waals surface area contributed by atoms with E-state index in [1.807, 2.05) is 32.9 Å². The van der Waals surface area contributed by atoms with Gasteiger partial charge in [0.2, 0.25) is 5.91 Å². The van der Waals surface area contributed by atoms with Crippen LogP contribution < -0.4 is 5.56 Å². The van der Waals surface area contributed by atoms with Gasteiger partial charge in [0.1, 0.15) is 6.07 Å². The fourth-order valence-corrected chi connectivity index (χ4v) is 3.87. The number of rotatable bonds is 2. The van der Waals surface area contributed by atoms with Crippen LogP contribution in [0.1, 0.15) is 76.0 Å². The predicted octanol–water partition coefficient (Wildman–Crippen LogP) is 3.26. The van der Waals surface area contributed by atoms with Gasteiger partial charge in [0, 0.05) is 31.6 Å². The molecule has 1 aromatic rings. The van der Waals surface area contributed by atoms with E-state index in [1.165, 1.54) is 0 Å². The largest absolute Gasteiger partial charge is 0.339 e. The molecule has 0 fully saturated rings. The molecule has 142 valence electrons. The maximum absolute atomic E-state index is 13.4. The summed E-state index contributed by atoms with van der Waals surface area (Å²) in [6.07, 6.45) is 6.11. The van der Waals surface area contributed by atoms with Gasteiger partial charge in [0.15, 0.2) is 5.82 Å². The number of carbonyl (C=O) groups excluding carboxylic acids is 1. The summed E-state index contributed by atoms with van der Waals surface area (Å²) in [4.78, 5) is 31.6. The first-order valence-corrected chi connectivity index (χ1v) is 9.57. The lowest BCUT2D eigenvalue weighted by Gasteiger charge is -2.27. The van der Waals surface area contributed by atoms with Gasteiger partial charge in [-0.15, -0.1) is 0 Å². The minimum atomic E-state index is -0.0459. The first kappa shape index (κ1) is 19.1. The van der Waals surface area contributed by atoms with E-state index in [9.17, 15) is 14.9 Å². The number of fused-ring (bicyclic) bond motifs is 1. The average molecular weight is 366 g/mol. The third kappa shape index (κ3) is 3.46. The van der Waals surface area contributed by atoms with Crippen molar-refractivity contribution in [2.24, 2.45) is 0 Å². The number of hydrogen-bond donors (Lipinski definition) is 0. The van der Waals surface area contributed by atoms with Gasteiger partial charge in [-0.05, 0) is 37.7 Å². The van der Waals surface area contributed by atoms with Crippen molar-refractivity contribution in [2.45, 2.75) is 58.9 Å². The molecule has 3 heterocycles. The molecule has 0 radical (unpaired) electrons. The zero-order valence-corrected chi connectivity index (χ0v) is 16.5. The summed E-state index contributed by atoms with van der Waals surface area (Å²) in [5.41, 5.74) is 2.81. The van der Waals surface area contributed by atoms with Gasteiger partial charge in [-0.2, -0.15) is 5.26 Å². The van der Waals surface area contributed by atoms with Gasteiger partial charge in [0.25, 0.3) is 5.56 Å². The second-order valence-corrected chi connectivity index (χ2v) is 7.63. The molecule has 1 aromatic heterocycles. The third-order valence-corrected chi connectivity index (χ3v) is 5.42. The molecule has 0 saturated carbocycles. The van der Waals surface area contributed by atoms with Gasteiger partial charge >= 0.3 is 0 Å². The van der Waals surface area contributed by atoms with Crippen LogP contribution >= 0.6 is 0 Å². The fraction of sp³-hybridized carbons (Fsp3) is 0.524. The lowest BCUT2D eigenvalue weighted by atomic mass is 9.94. The predicted molar refractivity (Wildman–Crippen MR) is 105 cm³/mol. The highest BCUT2D eigenvalue weighted by molar-refractivity contribution is 5.77. The second-order valence-electron chi connectivity index (χ2n) is 7.63. The summed E-state index contributed by atoms with van der Waals surface area (Å²) in [6, 6.07) is 2.22. The van der Waals surface area contributed by atoms with Crippen molar-refractivity contribution in [3.8, 4) is 6.07 Å². The van der Waals surface area contributed by atoms with E-state index >= 15 is 0 Å². The number of hydrogen-bond acceptors (Lipinski definition) is 4. The third-order valence-electron chi connectivity index (χ3n) is 5.42. The first-order chi connectivity index (χ1) is 12.8.